The molecule has 0 saturated heterocycles. The molecule has 4 nitrogen and oxygen atoms in total. The molecule has 0 aromatic carbocycles. The molecule has 17 heavy (non-hydrogen) atoms. The second-order valence-electron chi connectivity index (χ2n) is 4.15. The minimum atomic E-state index is 0.169. The average Bonchev–Trinajstić information content (AvgIpc) is 2.89. The molecule has 1 N–H and O–H groups in total. The fraction of sp³-hybridized carbons (Fsp3) is 0.500. The van der Waals surface area contributed by atoms with Gasteiger partial charge in [0.15, 0.2) is 0 Å². The second kappa shape index (κ2) is 5.42. The quantitative estimate of drug-likeness (QED) is 0.885. The van der Waals surface area contributed by atoms with E-state index in [1.165, 1.54) is 9.75 Å². The van der Waals surface area contributed by atoms with Crippen LogP contribution in [0.15, 0.2) is 18.3 Å². The predicted octanol–water partition coefficient (Wildman–Crippen LogP) is 2.27. The van der Waals surface area contributed by atoms with Crippen molar-refractivity contribution in [2.45, 2.75) is 26.3 Å². The monoisotopic (exact) mass is 250 g/mol. The molecule has 92 valence electrons. The van der Waals surface area contributed by atoms with Crippen LogP contribution in [0, 0.1) is 6.92 Å². The first kappa shape index (κ1) is 12.3. The van der Waals surface area contributed by atoms with Crippen molar-refractivity contribution in [2.75, 3.05) is 6.54 Å². The lowest BCUT2D eigenvalue weighted by Crippen LogP contribution is -2.22. The van der Waals surface area contributed by atoms with Crippen LogP contribution in [0.2, 0.25) is 0 Å². The van der Waals surface area contributed by atoms with E-state index in [0.29, 0.717) is 0 Å². The summed E-state index contributed by atoms with van der Waals surface area (Å²) in [6.45, 7) is 5.28. The lowest BCUT2D eigenvalue weighted by Gasteiger charge is -2.13. The molecule has 2 rings (SSSR count). The Kier molecular flexibility index (Phi) is 3.91. The van der Waals surface area contributed by atoms with Crippen LogP contribution in [0.1, 0.15) is 34.8 Å². The number of hydrogen-bond donors (Lipinski definition) is 1. The summed E-state index contributed by atoms with van der Waals surface area (Å²) < 4.78 is 1.75. The molecule has 2 aromatic heterocycles. The van der Waals surface area contributed by atoms with Crippen molar-refractivity contribution in [2.24, 2.45) is 7.05 Å². The molecule has 0 aliphatic carbocycles. The van der Waals surface area contributed by atoms with Gasteiger partial charge in [0, 0.05) is 16.8 Å². The Balaban J connectivity index is 2.24. The third-order valence-electron chi connectivity index (χ3n) is 2.56. The number of rotatable bonds is 5. The van der Waals surface area contributed by atoms with Gasteiger partial charge in [-0.05, 0) is 32.0 Å². The number of nitrogens with zero attached hydrogens (tertiary/aromatic N) is 3. The molecule has 5 heteroatoms. The van der Waals surface area contributed by atoms with E-state index in [2.05, 4.69) is 41.6 Å². The number of aryl methyl sites for hydroxylation is 2. The summed E-state index contributed by atoms with van der Waals surface area (Å²) in [6.07, 6.45) is 3.09. The minimum absolute atomic E-state index is 0.169. The third kappa shape index (κ3) is 2.92. The third-order valence-corrected chi connectivity index (χ3v) is 3.63. The second-order valence-corrected chi connectivity index (χ2v) is 5.47. The van der Waals surface area contributed by atoms with Gasteiger partial charge in [0.1, 0.15) is 5.69 Å². The van der Waals surface area contributed by atoms with Gasteiger partial charge in [-0.1, -0.05) is 12.1 Å². The fourth-order valence-electron chi connectivity index (χ4n) is 1.75. The molecule has 0 fully saturated rings. The van der Waals surface area contributed by atoms with Crippen molar-refractivity contribution in [3.05, 3.63) is 33.8 Å². The van der Waals surface area contributed by atoms with Gasteiger partial charge in [0.05, 0.1) is 12.2 Å². The summed E-state index contributed by atoms with van der Waals surface area (Å²) in [7, 11) is 1.90. The van der Waals surface area contributed by atoms with Crippen LogP contribution >= 0.6 is 11.3 Å². The lowest BCUT2D eigenvalue weighted by molar-refractivity contribution is 0.592. The van der Waals surface area contributed by atoms with E-state index in [1.54, 1.807) is 4.68 Å². The number of nitrogens with one attached hydrogen (secondary N) is 1. The van der Waals surface area contributed by atoms with Gasteiger partial charge in [0.25, 0.3) is 0 Å². The van der Waals surface area contributed by atoms with E-state index < -0.39 is 0 Å². The van der Waals surface area contributed by atoms with Crippen LogP contribution < -0.4 is 5.32 Å². The SMILES string of the molecule is CCCNC(c1cn(C)nn1)c1ccc(C)s1. The molecule has 1 unspecified atom stereocenters. The van der Waals surface area contributed by atoms with E-state index in [-0.39, 0.29) is 6.04 Å². The molecule has 2 aromatic rings. The normalized spacial score (nSPS) is 12.9. The van der Waals surface area contributed by atoms with E-state index in [1.807, 2.05) is 24.6 Å². The topological polar surface area (TPSA) is 42.7 Å². The van der Waals surface area contributed by atoms with Crippen LogP contribution in [0.4, 0.5) is 0 Å². The highest BCUT2D eigenvalue weighted by atomic mass is 32.1. The first-order valence-corrected chi connectivity index (χ1v) is 6.68. The van der Waals surface area contributed by atoms with E-state index >= 15 is 0 Å². The maximum Gasteiger partial charge on any atom is 0.105 e. The van der Waals surface area contributed by atoms with Gasteiger partial charge in [-0.2, -0.15) is 0 Å². The van der Waals surface area contributed by atoms with Crippen molar-refractivity contribution in [1.29, 1.82) is 0 Å². The van der Waals surface area contributed by atoms with Crippen molar-refractivity contribution in [1.82, 2.24) is 20.3 Å². The zero-order valence-electron chi connectivity index (χ0n) is 10.5. The Labute approximate surface area is 106 Å². The van der Waals surface area contributed by atoms with Gasteiger partial charge in [-0.15, -0.1) is 16.4 Å². The van der Waals surface area contributed by atoms with Crippen molar-refractivity contribution in [3.63, 3.8) is 0 Å². The molecule has 0 amide bonds. The molecular weight excluding hydrogens is 232 g/mol. The van der Waals surface area contributed by atoms with Crippen LogP contribution in [0.5, 0.6) is 0 Å². The van der Waals surface area contributed by atoms with Crippen LogP contribution in [0.3, 0.4) is 0 Å². The summed E-state index contributed by atoms with van der Waals surface area (Å²) in [5.74, 6) is 0. The van der Waals surface area contributed by atoms with E-state index in [0.717, 1.165) is 18.7 Å². The molecule has 0 aliphatic heterocycles. The Morgan fingerprint density at radius 1 is 1.47 bits per heavy atom. The number of aromatic nitrogens is 3. The molecule has 0 radical (unpaired) electrons. The van der Waals surface area contributed by atoms with Gasteiger partial charge < -0.3 is 5.32 Å². The zero-order chi connectivity index (χ0) is 12.3. The van der Waals surface area contributed by atoms with Crippen LogP contribution in [0.25, 0.3) is 0 Å². The van der Waals surface area contributed by atoms with Crippen molar-refractivity contribution in [3.8, 4) is 0 Å². The first-order chi connectivity index (χ1) is 8.20. The lowest BCUT2D eigenvalue weighted by atomic mass is 10.2. The van der Waals surface area contributed by atoms with Gasteiger partial charge in [-0.25, -0.2) is 0 Å². The van der Waals surface area contributed by atoms with E-state index in [9.17, 15) is 0 Å². The predicted molar refractivity (Wildman–Crippen MR) is 70.2 cm³/mol. The highest BCUT2D eigenvalue weighted by Crippen LogP contribution is 2.26. The zero-order valence-corrected chi connectivity index (χ0v) is 11.3. The molecule has 0 aliphatic rings. The Morgan fingerprint density at radius 3 is 2.82 bits per heavy atom. The molecule has 0 saturated carbocycles. The van der Waals surface area contributed by atoms with Gasteiger partial charge in [-0.3, -0.25) is 4.68 Å². The summed E-state index contributed by atoms with van der Waals surface area (Å²) in [4.78, 5) is 2.63. The highest BCUT2D eigenvalue weighted by Gasteiger charge is 2.18. The van der Waals surface area contributed by atoms with Gasteiger partial charge in [0.2, 0.25) is 0 Å². The molecule has 2 heterocycles. The first-order valence-electron chi connectivity index (χ1n) is 5.86. The Bertz CT molecular complexity index is 434. The minimum Gasteiger partial charge on any atom is -0.304 e. The largest absolute Gasteiger partial charge is 0.304 e. The van der Waals surface area contributed by atoms with Crippen molar-refractivity contribution < 1.29 is 0 Å². The summed E-state index contributed by atoms with van der Waals surface area (Å²) >= 11 is 1.81. The van der Waals surface area contributed by atoms with Crippen LogP contribution in [-0.2, 0) is 7.05 Å². The Hall–Kier alpha value is -1.20. The van der Waals surface area contributed by atoms with Crippen LogP contribution in [-0.4, -0.2) is 21.5 Å². The number of hydrogen-bond acceptors (Lipinski definition) is 4. The molecule has 1 atom stereocenters. The summed E-state index contributed by atoms with van der Waals surface area (Å²) in [5.41, 5.74) is 0.989. The molecular formula is C12H18N4S. The maximum absolute atomic E-state index is 4.21. The standard InChI is InChI=1S/C12H18N4S/c1-4-7-13-12(10-8-16(3)15-14-10)11-6-5-9(2)17-11/h5-6,8,12-13H,4,7H2,1-3H3. The highest BCUT2D eigenvalue weighted by molar-refractivity contribution is 7.12. The van der Waals surface area contributed by atoms with Gasteiger partial charge >= 0.3 is 0 Å². The smallest absolute Gasteiger partial charge is 0.105 e. The van der Waals surface area contributed by atoms with Crippen molar-refractivity contribution >= 4 is 11.3 Å². The summed E-state index contributed by atoms with van der Waals surface area (Å²) in [5, 5.41) is 11.7. The average molecular weight is 250 g/mol. The summed E-state index contributed by atoms with van der Waals surface area (Å²) in [6, 6.07) is 4.49. The number of thiophene rings is 1. The molecule has 0 spiro atoms. The Morgan fingerprint density at radius 2 is 2.29 bits per heavy atom. The van der Waals surface area contributed by atoms with E-state index in [4.69, 9.17) is 0 Å². The fourth-order valence-corrected chi connectivity index (χ4v) is 2.71. The maximum atomic E-state index is 4.21. The molecule has 0 bridgehead atoms.